The van der Waals surface area contributed by atoms with Crippen molar-refractivity contribution in [2.24, 2.45) is 5.73 Å². The number of hydrogen-bond acceptors (Lipinski definition) is 1. The van der Waals surface area contributed by atoms with Crippen LogP contribution in [0.15, 0.2) is 13.2 Å². The lowest BCUT2D eigenvalue weighted by molar-refractivity contribution is 1.18. The third-order valence-electron chi connectivity index (χ3n) is 3.37. The molecule has 0 bridgehead atoms. The molecule has 0 saturated carbocycles. The predicted molar refractivity (Wildman–Crippen MR) is 73.3 cm³/mol. The molecule has 0 saturated heterocycles. The second-order valence-corrected chi connectivity index (χ2v) is 4.56. The van der Waals surface area contributed by atoms with Crippen LogP contribution in [0.5, 0.6) is 0 Å². The maximum Gasteiger partial charge on any atom is 0.0320 e. The zero-order valence-electron chi connectivity index (χ0n) is 11.0. The number of benzene rings is 1. The van der Waals surface area contributed by atoms with Crippen molar-refractivity contribution in [3.63, 3.8) is 0 Å². The molecule has 0 atom stereocenters. The van der Waals surface area contributed by atoms with Gasteiger partial charge in [-0.2, -0.15) is 0 Å². The van der Waals surface area contributed by atoms with E-state index in [0.717, 1.165) is 11.1 Å². The Kier molecular flexibility index (Phi) is 3.27. The fourth-order valence-corrected chi connectivity index (χ4v) is 2.47. The molecule has 86 valence electrons. The van der Waals surface area contributed by atoms with Gasteiger partial charge in [0.2, 0.25) is 0 Å². The summed E-state index contributed by atoms with van der Waals surface area (Å²) in [7, 11) is 0. The Morgan fingerprint density at radius 3 is 1.62 bits per heavy atom. The van der Waals surface area contributed by atoms with Crippen molar-refractivity contribution in [3.05, 3.63) is 46.5 Å². The number of rotatable bonds is 2. The minimum absolute atomic E-state index is 0.639. The number of nitrogens with two attached hydrogens (primary N) is 1. The van der Waals surface area contributed by atoms with Crippen molar-refractivity contribution in [1.29, 1.82) is 0 Å². The third-order valence-corrected chi connectivity index (χ3v) is 3.37. The highest BCUT2D eigenvalue weighted by atomic mass is 14.6. The first kappa shape index (κ1) is 12.6. The topological polar surface area (TPSA) is 26.0 Å². The monoisotopic (exact) mass is 215 g/mol. The molecule has 1 nitrogen and oxygen atoms in total. The van der Waals surface area contributed by atoms with Gasteiger partial charge < -0.3 is 5.73 Å². The summed E-state index contributed by atoms with van der Waals surface area (Å²) in [6.07, 6.45) is 0. The Labute approximate surface area is 98.7 Å². The molecule has 1 rings (SSSR count). The van der Waals surface area contributed by atoms with Gasteiger partial charge in [0.15, 0.2) is 0 Å². The van der Waals surface area contributed by atoms with Crippen molar-refractivity contribution >= 4 is 11.3 Å². The third kappa shape index (κ3) is 1.78. The lowest BCUT2D eigenvalue weighted by Crippen LogP contribution is -2.07. The van der Waals surface area contributed by atoms with Crippen LogP contribution in [0.4, 0.5) is 0 Å². The highest BCUT2D eigenvalue weighted by Gasteiger charge is 2.15. The quantitative estimate of drug-likeness (QED) is 0.796. The first-order valence-corrected chi connectivity index (χ1v) is 5.50. The van der Waals surface area contributed by atoms with Crippen molar-refractivity contribution in [2.45, 2.75) is 34.6 Å². The van der Waals surface area contributed by atoms with Gasteiger partial charge in [-0.15, -0.1) is 0 Å². The zero-order chi connectivity index (χ0) is 12.6. The molecule has 1 aromatic rings. The van der Waals surface area contributed by atoms with Crippen LogP contribution in [-0.2, 0) is 0 Å². The molecule has 1 aromatic carbocycles. The standard InChI is InChI=1S/C15H21N/c1-8(2)14-10(4)9(3)11(5)15(12(14)6)13(7)16/h1,7,16H2,2-6H3. The molecule has 0 spiro atoms. The van der Waals surface area contributed by atoms with E-state index in [1.807, 2.05) is 6.92 Å². The maximum atomic E-state index is 5.88. The molecule has 0 radical (unpaired) electrons. The molecule has 1 heteroatoms. The minimum Gasteiger partial charge on any atom is -0.399 e. The van der Waals surface area contributed by atoms with Crippen LogP contribution in [0.25, 0.3) is 11.3 Å². The van der Waals surface area contributed by atoms with E-state index in [1.54, 1.807) is 0 Å². The minimum atomic E-state index is 0.639. The Morgan fingerprint density at radius 1 is 0.812 bits per heavy atom. The van der Waals surface area contributed by atoms with Crippen molar-refractivity contribution < 1.29 is 0 Å². The summed E-state index contributed by atoms with van der Waals surface area (Å²) < 4.78 is 0. The van der Waals surface area contributed by atoms with Crippen LogP contribution in [0.2, 0.25) is 0 Å². The summed E-state index contributed by atoms with van der Waals surface area (Å²) in [4.78, 5) is 0. The van der Waals surface area contributed by atoms with Gasteiger partial charge in [-0.05, 0) is 62.4 Å². The number of hydrogen-bond donors (Lipinski definition) is 1. The van der Waals surface area contributed by atoms with Crippen molar-refractivity contribution in [3.8, 4) is 0 Å². The molecule has 0 fully saturated rings. The smallest absolute Gasteiger partial charge is 0.0320 e. The van der Waals surface area contributed by atoms with E-state index >= 15 is 0 Å². The lowest BCUT2D eigenvalue weighted by atomic mass is 9.85. The summed E-state index contributed by atoms with van der Waals surface area (Å²) in [6.45, 7) is 18.4. The molecule has 0 heterocycles. The van der Waals surface area contributed by atoms with Crippen LogP contribution in [0.3, 0.4) is 0 Å². The van der Waals surface area contributed by atoms with E-state index in [0.29, 0.717) is 5.70 Å². The van der Waals surface area contributed by atoms with E-state index in [4.69, 9.17) is 5.73 Å². The fourth-order valence-electron chi connectivity index (χ4n) is 2.47. The first-order valence-electron chi connectivity index (χ1n) is 5.50. The van der Waals surface area contributed by atoms with E-state index in [9.17, 15) is 0 Å². The first-order chi connectivity index (χ1) is 7.29. The highest BCUT2D eigenvalue weighted by molar-refractivity contribution is 5.78. The van der Waals surface area contributed by atoms with E-state index in [-0.39, 0.29) is 0 Å². The van der Waals surface area contributed by atoms with Crippen LogP contribution in [0, 0.1) is 27.7 Å². The van der Waals surface area contributed by atoms with Crippen molar-refractivity contribution in [1.82, 2.24) is 0 Å². The largest absolute Gasteiger partial charge is 0.399 e. The SMILES string of the molecule is C=C(C)c1c(C)c(C)c(C)c(C(=C)N)c1C. The number of allylic oxidation sites excluding steroid dienone is 1. The normalized spacial score (nSPS) is 10.3. The predicted octanol–water partition coefficient (Wildman–Crippen LogP) is 3.88. The van der Waals surface area contributed by atoms with Gasteiger partial charge in [0.1, 0.15) is 0 Å². The maximum absolute atomic E-state index is 5.88. The van der Waals surface area contributed by atoms with E-state index < -0.39 is 0 Å². The second kappa shape index (κ2) is 4.17. The molecule has 2 N–H and O–H groups in total. The van der Waals surface area contributed by atoms with Crippen LogP contribution in [0.1, 0.15) is 40.3 Å². The van der Waals surface area contributed by atoms with Crippen LogP contribution in [-0.4, -0.2) is 0 Å². The molecule has 16 heavy (non-hydrogen) atoms. The zero-order valence-corrected chi connectivity index (χ0v) is 11.0. The van der Waals surface area contributed by atoms with Crippen molar-refractivity contribution in [2.75, 3.05) is 0 Å². The Hall–Kier alpha value is -1.50. The van der Waals surface area contributed by atoms with Crippen LogP contribution < -0.4 is 5.73 Å². The molecule has 0 amide bonds. The average molecular weight is 215 g/mol. The summed E-state index contributed by atoms with van der Waals surface area (Å²) >= 11 is 0. The Bertz CT molecular complexity index is 438. The molecule has 0 aliphatic heterocycles. The van der Waals surface area contributed by atoms with Gasteiger partial charge >= 0.3 is 0 Å². The second-order valence-electron chi connectivity index (χ2n) is 4.56. The van der Waals surface area contributed by atoms with Crippen LogP contribution >= 0.6 is 0 Å². The Balaban J connectivity index is 3.80. The molecule has 0 aliphatic carbocycles. The average Bonchev–Trinajstić information content (AvgIpc) is 2.13. The van der Waals surface area contributed by atoms with Gasteiger partial charge in [-0.3, -0.25) is 0 Å². The summed E-state index contributed by atoms with van der Waals surface area (Å²) in [5.41, 5.74) is 14.9. The Morgan fingerprint density at radius 2 is 1.25 bits per heavy atom. The van der Waals surface area contributed by atoms with Gasteiger partial charge in [-0.1, -0.05) is 18.7 Å². The molecular formula is C15H21N. The molecule has 0 aromatic heterocycles. The highest BCUT2D eigenvalue weighted by Crippen LogP contribution is 2.32. The van der Waals surface area contributed by atoms with Gasteiger partial charge in [0.05, 0.1) is 0 Å². The molecule has 0 aliphatic rings. The summed E-state index contributed by atoms with van der Waals surface area (Å²) in [5.74, 6) is 0. The summed E-state index contributed by atoms with van der Waals surface area (Å²) in [6, 6.07) is 0. The summed E-state index contributed by atoms with van der Waals surface area (Å²) in [5, 5.41) is 0. The molecular weight excluding hydrogens is 194 g/mol. The van der Waals surface area contributed by atoms with Gasteiger partial charge in [-0.25, -0.2) is 0 Å². The van der Waals surface area contributed by atoms with E-state index in [1.165, 1.54) is 27.8 Å². The lowest BCUT2D eigenvalue weighted by Gasteiger charge is -2.20. The van der Waals surface area contributed by atoms with E-state index in [2.05, 4.69) is 40.9 Å². The molecule has 0 unspecified atom stereocenters. The fraction of sp³-hybridized carbons (Fsp3) is 0.333. The van der Waals surface area contributed by atoms with Gasteiger partial charge in [0, 0.05) is 11.3 Å². The van der Waals surface area contributed by atoms with Gasteiger partial charge in [0.25, 0.3) is 0 Å².